The number of esters is 1. The van der Waals surface area contributed by atoms with Crippen LogP contribution >= 0.6 is 0 Å². The highest BCUT2D eigenvalue weighted by Gasteiger charge is 2.05. The first kappa shape index (κ1) is 12.2. The zero-order valence-electron chi connectivity index (χ0n) is 9.06. The van der Waals surface area contributed by atoms with E-state index in [1.165, 1.54) is 6.47 Å². The summed E-state index contributed by atoms with van der Waals surface area (Å²) in [5, 5.41) is 0. The molecule has 1 aromatic carbocycles. The summed E-state index contributed by atoms with van der Waals surface area (Å²) in [6.45, 7) is 3.78. The largest absolute Gasteiger partial charge is 0.462 e. The summed E-state index contributed by atoms with van der Waals surface area (Å²) in [7, 11) is 0. The molecule has 0 saturated carbocycles. The Morgan fingerprint density at radius 1 is 1.31 bits per heavy atom. The van der Waals surface area contributed by atoms with Gasteiger partial charge in [-0.1, -0.05) is 12.1 Å². The van der Waals surface area contributed by atoms with Crippen molar-refractivity contribution in [1.29, 1.82) is 0 Å². The lowest BCUT2D eigenvalue weighted by atomic mass is 10.1. The van der Waals surface area contributed by atoms with Gasteiger partial charge in [-0.25, -0.2) is 9.59 Å². The second-order valence-electron chi connectivity index (χ2n) is 3.10. The first-order valence-electron chi connectivity index (χ1n) is 5.03. The monoisotopic (exact) mass is 221 g/mol. The highest BCUT2D eigenvalue weighted by atomic mass is 16.5. The minimum absolute atomic E-state index is 0.294. The average molecular weight is 221 g/mol. The SMILES string of the molecule is CCOC(=O)c1ccc(CCO[C]=O)cc1. The Labute approximate surface area is 94.2 Å². The Hall–Kier alpha value is -1.84. The first-order valence-corrected chi connectivity index (χ1v) is 5.03. The van der Waals surface area contributed by atoms with Gasteiger partial charge >= 0.3 is 12.4 Å². The number of carbonyl (C=O) groups excluding carboxylic acids is 2. The fraction of sp³-hybridized carbons (Fsp3) is 0.333. The standard InChI is InChI=1S/C12H13O4/c1-2-16-12(14)11-5-3-10(4-6-11)7-8-15-9-13/h3-6H,2,7-8H2,1H3. The molecule has 0 spiro atoms. The van der Waals surface area contributed by atoms with E-state index in [1.807, 2.05) is 0 Å². The van der Waals surface area contributed by atoms with E-state index in [2.05, 4.69) is 4.74 Å². The number of hydrogen-bond donors (Lipinski definition) is 0. The van der Waals surface area contributed by atoms with Crippen LogP contribution in [0.1, 0.15) is 22.8 Å². The van der Waals surface area contributed by atoms with Crippen LogP contribution in [0.4, 0.5) is 0 Å². The van der Waals surface area contributed by atoms with Gasteiger partial charge in [-0.3, -0.25) is 0 Å². The fourth-order valence-corrected chi connectivity index (χ4v) is 1.23. The highest BCUT2D eigenvalue weighted by molar-refractivity contribution is 5.89. The van der Waals surface area contributed by atoms with Crippen LogP contribution in [0.2, 0.25) is 0 Å². The van der Waals surface area contributed by atoms with Crippen LogP contribution in [0.5, 0.6) is 0 Å². The van der Waals surface area contributed by atoms with Crippen molar-refractivity contribution in [3.05, 3.63) is 35.4 Å². The molecule has 4 nitrogen and oxygen atoms in total. The lowest BCUT2D eigenvalue weighted by Gasteiger charge is -2.03. The maximum atomic E-state index is 11.3. The molecule has 0 bridgehead atoms. The van der Waals surface area contributed by atoms with Gasteiger partial charge in [0.1, 0.15) is 0 Å². The minimum Gasteiger partial charge on any atom is -0.462 e. The van der Waals surface area contributed by atoms with Crippen LogP contribution in [-0.2, 0) is 20.7 Å². The lowest BCUT2D eigenvalue weighted by molar-refractivity contribution is 0.0526. The predicted molar refractivity (Wildman–Crippen MR) is 57.7 cm³/mol. The maximum absolute atomic E-state index is 11.3. The Kier molecular flexibility index (Phi) is 5.05. The number of ether oxygens (including phenoxy) is 2. The molecular weight excluding hydrogens is 208 g/mol. The van der Waals surface area contributed by atoms with E-state index in [0.29, 0.717) is 25.2 Å². The molecular formula is C12H13O4. The second kappa shape index (κ2) is 6.61. The van der Waals surface area contributed by atoms with Gasteiger partial charge in [-0.05, 0) is 24.6 Å². The first-order chi connectivity index (χ1) is 7.77. The highest BCUT2D eigenvalue weighted by Crippen LogP contribution is 2.06. The van der Waals surface area contributed by atoms with Crippen LogP contribution in [0, 0.1) is 0 Å². The molecule has 4 heteroatoms. The topological polar surface area (TPSA) is 52.6 Å². The van der Waals surface area contributed by atoms with Crippen molar-refractivity contribution >= 4 is 12.4 Å². The Morgan fingerprint density at radius 3 is 2.56 bits per heavy atom. The summed E-state index contributed by atoms with van der Waals surface area (Å²) < 4.78 is 9.31. The average Bonchev–Trinajstić information content (AvgIpc) is 2.30. The van der Waals surface area contributed by atoms with E-state index >= 15 is 0 Å². The van der Waals surface area contributed by atoms with Gasteiger partial charge in [-0.2, -0.15) is 0 Å². The van der Waals surface area contributed by atoms with Crippen molar-refractivity contribution < 1.29 is 19.1 Å². The number of benzene rings is 1. The number of rotatable bonds is 6. The Morgan fingerprint density at radius 2 is 2.00 bits per heavy atom. The van der Waals surface area contributed by atoms with E-state index in [0.717, 1.165) is 5.56 Å². The van der Waals surface area contributed by atoms with E-state index < -0.39 is 0 Å². The van der Waals surface area contributed by atoms with Gasteiger partial charge in [-0.15, -0.1) is 0 Å². The second-order valence-corrected chi connectivity index (χ2v) is 3.10. The summed E-state index contributed by atoms with van der Waals surface area (Å²) in [6.07, 6.45) is 0.609. The van der Waals surface area contributed by atoms with Crippen LogP contribution in [0.25, 0.3) is 0 Å². The Bertz CT molecular complexity index is 343. The van der Waals surface area contributed by atoms with Gasteiger partial charge in [0.05, 0.1) is 18.8 Å². The van der Waals surface area contributed by atoms with Crippen molar-refractivity contribution in [3.63, 3.8) is 0 Å². The molecule has 0 aliphatic rings. The van der Waals surface area contributed by atoms with Crippen LogP contribution in [0.3, 0.4) is 0 Å². The van der Waals surface area contributed by atoms with E-state index in [4.69, 9.17) is 4.74 Å². The molecule has 0 saturated heterocycles. The van der Waals surface area contributed by atoms with Gasteiger partial charge in [0.2, 0.25) is 0 Å². The molecule has 0 aliphatic heterocycles. The third-order valence-electron chi connectivity index (χ3n) is 2.02. The summed E-state index contributed by atoms with van der Waals surface area (Å²) >= 11 is 0. The molecule has 0 unspecified atom stereocenters. The molecule has 1 radical (unpaired) electrons. The molecule has 0 aliphatic carbocycles. The van der Waals surface area contributed by atoms with E-state index in [1.54, 1.807) is 31.2 Å². The van der Waals surface area contributed by atoms with E-state index in [-0.39, 0.29) is 5.97 Å². The molecule has 1 aromatic rings. The zero-order valence-corrected chi connectivity index (χ0v) is 9.06. The molecule has 0 N–H and O–H groups in total. The molecule has 1 rings (SSSR count). The molecule has 0 fully saturated rings. The quantitative estimate of drug-likeness (QED) is 0.539. The molecule has 0 aromatic heterocycles. The van der Waals surface area contributed by atoms with E-state index in [9.17, 15) is 9.59 Å². The summed E-state index contributed by atoms with van der Waals surface area (Å²) in [4.78, 5) is 21.1. The van der Waals surface area contributed by atoms with Crippen molar-refractivity contribution in [2.75, 3.05) is 13.2 Å². The van der Waals surface area contributed by atoms with Crippen LogP contribution < -0.4 is 0 Å². The normalized spacial score (nSPS) is 9.56. The molecule has 0 atom stereocenters. The molecule has 0 heterocycles. The van der Waals surface area contributed by atoms with Crippen LogP contribution in [0.15, 0.2) is 24.3 Å². The van der Waals surface area contributed by atoms with Gasteiger partial charge in [0.25, 0.3) is 0 Å². The molecule has 85 valence electrons. The molecule has 16 heavy (non-hydrogen) atoms. The van der Waals surface area contributed by atoms with Crippen LogP contribution in [-0.4, -0.2) is 25.7 Å². The summed E-state index contributed by atoms with van der Waals surface area (Å²) in [6, 6.07) is 7.00. The zero-order chi connectivity index (χ0) is 11.8. The Balaban J connectivity index is 2.53. The van der Waals surface area contributed by atoms with Crippen molar-refractivity contribution in [1.82, 2.24) is 0 Å². The third-order valence-corrected chi connectivity index (χ3v) is 2.02. The van der Waals surface area contributed by atoms with Crippen molar-refractivity contribution in [2.24, 2.45) is 0 Å². The number of hydrogen-bond acceptors (Lipinski definition) is 4. The maximum Gasteiger partial charge on any atom is 0.417 e. The minimum atomic E-state index is -0.327. The fourth-order valence-electron chi connectivity index (χ4n) is 1.23. The predicted octanol–water partition coefficient (Wildman–Crippen LogP) is 1.49. The third kappa shape index (κ3) is 3.73. The smallest absolute Gasteiger partial charge is 0.417 e. The summed E-state index contributed by atoms with van der Waals surface area (Å²) in [5.74, 6) is -0.327. The van der Waals surface area contributed by atoms with Crippen molar-refractivity contribution in [3.8, 4) is 0 Å². The van der Waals surface area contributed by atoms with Gasteiger partial charge in [0.15, 0.2) is 0 Å². The van der Waals surface area contributed by atoms with Gasteiger partial charge < -0.3 is 9.47 Å². The molecule has 0 amide bonds. The number of carbonyl (C=O) groups is 1. The van der Waals surface area contributed by atoms with Gasteiger partial charge in [0, 0.05) is 6.42 Å². The lowest BCUT2D eigenvalue weighted by Crippen LogP contribution is -2.04. The summed E-state index contributed by atoms with van der Waals surface area (Å²) in [5.41, 5.74) is 1.51. The van der Waals surface area contributed by atoms with Crippen molar-refractivity contribution in [2.45, 2.75) is 13.3 Å².